The van der Waals surface area contributed by atoms with Crippen molar-refractivity contribution in [3.8, 4) is 5.75 Å². The molecule has 8 heteroatoms. The van der Waals surface area contributed by atoms with Crippen LogP contribution in [0, 0.1) is 0 Å². The van der Waals surface area contributed by atoms with Gasteiger partial charge in [0.05, 0.1) is 15.9 Å². The van der Waals surface area contributed by atoms with Crippen LogP contribution in [0.15, 0.2) is 17.1 Å². The molecule has 4 rings (SSSR count). The number of halogens is 1. The first-order chi connectivity index (χ1) is 13.3. The van der Waals surface area contributed by atoms with Crippen LogP contribution in [0.4, 0.5) is 5.69 Å². The predicted molar refractivity (Wildman–Crippen MR) is 109 cm³/mol. The van der Waals surface area contributed by atoms with Gasteiger partial charge in [0.1, 0.15) is 17.0 Å². The summed E-state index contributed by atoms with van der Waals surface area (Å²) in [6, 6.07) is 1.88. The zero-order valence-electron chi connectivity index (χ0n) is 15.9. The lowest BCUT2D eigenvalue weighted by Gasteiger charge is -2.32. The number of pyridine rings is 1. The van der Waals surface area contributed by atoms with E-state index in [-0.39, 0.29) is 34.8 Å². The Morgan fingerprint density at radius 3 is 2.68 bits per heavy atom. The number of hydrogen-bond donors (Lipinski definition) is 3. The zero-order valence-corrected chi connectivity index (χ0v) is 16.7. The van der Waals surface area contributed by atoms with Gasteiger partial charge in [-0.2, -0.15) is 0 Å². The summed E-state index contributed by atoms with van der Waals surface area (Å²) in [6.07, 6.45) is 5.18. The second-order valence-corrected chi connectivity index (χ2v) is 8.13. The first-order valence-corrected chi connectivity index (χ1v) is 10.0. The third kappa shape index (κ3) is 2.93. The fourth-order valence-electron chi connectivity index (χ4n) is 4.30. The molecule has 28 heavy (non-hydrogen) atoms. The van der Waals surface area contributed by atoms with Crippen LogP contribution in [0.25, 0.3) is 10.9 Å². The number of phenols is 1. The van der Waals surface area contributed by atoms with E-state index >= 15 is 0 Å². The highest BCUT2D eigenvalue weighted by molar-refractivity contribution is 6.38. The molecule has 2 heterocycles. The average molecular weight is 406 g/mol. The highest BCUT2D eigenvalue weighted by atomic mass is 35.5. The number of phenolic OH excluding ortho intramolecular Hbond substituents is 1. The highest BCUT2D eigenvalue weighted by Crippen LogP contribution is 2.46. The van der Waals surface area contributed by atoms with Gasteiger partial charge in [0.25, 0.3) is 0 Å². The molecule has 1 aliphatic carbocycles. The van der Waals surface area contributed by atoms with Gasteiger partial charge in [0, 0.05) is 30.9 Å². The number of benzene rings is 1. The summed E-state index contributed by atoms with van der Waals surface area (Å²) in [5.41, 5.74) is 0.112. The maximum Gasteiger partial charge on any atom is 0.341 e. The molecule has 7 nitrogen and oxygen atoms in total. The van der Waals surface area contributed by atoms with Gasteiger partial charge in [-0.05, 0) is 45.7 Å². The maximum absolute atomic E-state index is 12.7. The molecule has 1 saturated heterocycles. The Labute approximate surface area is 167 Å². The average Bonchev–Trinajstić information content (AvgIpc) is 3.39. The van der Waals surface area contributed by atoms with E-state index in [0.29, 0.717) is 16.2 Å². The summed E-state index contributed by atoms with van der Waals surface area (Å²) in [6.45, 7) is 2.85. The van der Waals surface area contributed by atoms with E-state index in [1.165, 1.54) is 12.3 Å². The first-order valence-electron chi connectivity index (χ1n) is 9.62. The number of nitrogens with zero attached hydrogens (tertiary/aromatic N) is 2. The third-order valence-corrected chi connectivity index (χ3v) is 6.36. The van der Waals surface area contributed by atoms with Gasteiger partial charge >= 0.3 is 5.97 Å². The van der Waals surface area contributed by atoms with Crippen LogP contribution >= 0.6 is 11.6 Å². The summed E-state index contributed by atoms with van der Waals surface area (Å²) in [5.74, 6) is -1.36. The minimum atomic E-state index is -1.27. The molecule has 0 amide bonds. The Morgan fingerprint density at radius 2 is 2.07 bits per heavy atom. The molecule has 0 bridgehead atoms. The lowest BCUT2D eigenvalue weighted by molar-refractivity contribution is 0.0695. The lowest BCUT2D eigenvalue weighted by atomic mass is 10.1. The molecule has 1 aromatic carbocycles. The number of aromatic carboxylic acids is 1. The van der Waals surface area contributed by atoms with Crippen molar-refractivity contribution in [1.82, 2.24) is 9.88 Å². The van der Waals surface area contributed by atoms with Crippen LogP contribution in [-0.4, -0.2) is 46.4 Å². The number of fused-ring (bicyclic) bond motifs is 1. The van der Waals surface area contributed by atoms with Gasteiger partial charge in [-0.25, -0.2) is 4.79 Å². The molecular formula is C20H24ClN3O4. The molecule has 150 valence electrons. The Hall–Kier alpha value is -2.25. The van der Waals surface area contributed by atoms with Crippen molar-refractivity contribution >= 4 is 34.2 Å². The smallest absolute Gasteiger partial charge is 0.341 e. The van der Waals surface area contributed by atoms with Crippen molar-refractivity contribution in [1.29, 1.82) is 0 Å². The number of aromatic nitrogens is 1. The molecular weight excluding hydrogens is 382 g/mol. The van der Waals surface area contributed by atoms with Crippen LogP contribution in [0.2, 0.25) is 5.02 Å². The number of anilines is 1. The van der Waals surface area contributed by atoms with E-state index in [1.807, 2.05) is 7.05 Å². The fraction of sp³-hybridized carbons (Fsp3) is 0.500. The number of carboxylic acid groups (broad SMARTS) is 1. The van der Waals surface area contributed by atoms with Gasteiger partial charge in [0.2, 0.25) is 5.43 Å². The molecule has 1 aliphatic heterocycles. The topological polar surface area (TPSA) is 94.8 Å². The largest absolute Gasteiger partial charge is 0.506 e. The van der Waals surface area contributed by atoms with Gasteiger partial charge in [-0.15, -0.1) is 0 Å². The Bertz CT molecular complexity index is 1010. The molecule has 1 saturated carbocycles. The van der Waals surface area contributed by atoms with Gasteiger partial charge in [-0.1, -0.05) is 11.6 Å². The molecule has 2 aliphatic rings. The minimum Gasteiger partial charge on any atom is -0.506 e. The Balaban J connectivity index is 1.98. The van der Waals surface area contributed by atoms with Crippen molar-refractivity contribution in [2.75, 3.05) is 18.5 Å². The third-order valence-electron chi connectivity index (χ3n) is 6.00. The van der Waals surface area contributed by atoms with E-state index in [4.69, 9.17) is 11.6 Å². The minimum absolute atomic E-state index is 0.0883. The van der Waals surface area contributed by atoms with Crippen LogP contribution in [0.5, 0.6) is 5.75 Å². The van der Waals surface area contributed by atoms with Crippen LogP contribution < -0.4 is 15.6 Å². The second-order valence-electron chi connectivity index (χ2n) is 7.75. The molecule has 2 fully saturated rings. The van der Waals surface area contributed by atoms with E-state index in [1.54, 1.807) is 4.57 Å². The fourth-order valence-corrected chi connectivity index (χ4v) is 4.70. The number of aromatic hydroxyl groups is 1. The number of carboxylic acids is 1. The number of likely N-dealkylation sites (N-methyl/N-ethyl adjacent to an activating group) is 1. The second kappa shape index (κ2) is 6.97. The Kier molecular flexibility index (Phi) is 4.75. The molecule has 2 unspecified atom stereocenters. The van der Waals surface area contributed by atoms with Crippen molar-refractivity contribution in [3.05, 3.63) is 33.1 Å². The Morgan fingerprint density at radius 1 is 1.36 bits per heavy atom. The van der Waals surface area contributed by atoms with E-state index in [0.717, 1.165) is 32.2 Å². The van der Waals surface area contributed by atoms with Crippen LogP contribution in [-0.2, 0) is 0 Å². The number of rotatable bonds is 5. The molecule has 2 atom stereocenters. The zero-order chi connectivity index (χ0) is 20.2. The van der Waals surface area contributed by atoms with Crippen molar-refractivity contribution in [3.63, 3.8) is 0 Å². The van der Waals surface area contributed by atoms with Crippen LogP contribution in [0.3, 0.4) is 0 Å². The molecule has 2 aromatic rings. The van der Waals surface area contributed by atoms with E-state index in [9.17, 15) is 19.8 Å². The summed E-state index contributed by atoms with van der Waals surface area (Å²) >= 11 is 6.79. The lowest BCUT2D eigenvalue weighted by Crippen LogP contribution is -2.44. The quantitative estimate of drug-likeness (QED) is 0.708. The highest BCUT2D eigenvalue weighted by Gasteiger charge is 2.34. The van der Waals surface area contributed by atoms with Crippen LogP contribution in [0.1, 0.15) is 49.0 Å². The van der Waals surface area contributed by atoms with Crippen molar-refractivity contribution < 1.29 is 15.0 Å². The SMILES string of the molecule is CNC(C)C1CCCN1c1c(O)cc2c(=O)c(C(=O)O)cn(C3CC3)c2c1Cl. The standard InChI is InChI=1S/C20H24ClN3O4/c1-10(22-2)14-4-3-7-23(14)18-15(25)8-12-17(16(18)21)24(11-5-6-11)9-13(19(12)26)20(27)28/h8-11,14,22,25H,3-7H2,1-2H3,(H,27,28). The molecule has 1 aromatic heterocycles. The molecule has 3 N–H and O–H groups in total. The van der Waals surface area contributed by atoms with Crippen molar-refractivity contribution in [2.45, 2.75) is 50.7 Å². The summed E-state index contributed by atoms with van der Waals surface area (Å²) in [7, 11) is 1.90. The van der Waals surface area contributed by atoms with E-state index in [2.05, 4.69) is 17.1 Å². The summed E-state index contributed by atoms with van der Waals surface area (Å²) in [5, 5.41) is 23.9. The van der Waals surface area contributed by atoms with Gasteiger partial charge < -0.3 is 25.0 Å². The number of nitrogens with one attached hydrogen (secondary N) is 1. The normalized spacial score (nSPS) is 20.7. The molecule has 0 spiro atoms. The van der Waals surface area contributed by atoms with Crippen molar-refractivity contribution in [2.24, 2.45) is 0 Å². The summed E-state index contributed by atoms with van der Waals surface area (Å²) < 4.78 is 1.80. The van der Waals surface area contributed by atoms with Gasteiger partial charge in [-0.3, -0.25) is 4.79 Å². The predicted octanol–water partition coefficient (Wildman–Crippen LogP) is 2.97. The summed E-state index contributed by atoms with van der Waals surface area (Å²) in [4.78, 5) is 26.4. The molecule has 0 radical (unpaired) electrons. The van der Waals surface area contributed by atoms with E-state index < -0.39 is 11.4 Å². The first kappa shape index (κ1) is 19.1. The maximum atomic E-state index is 12.7. The van der Waals surface area contributed by atoms with Gasteiger partial charge in [0.15, 0.2) is 0 Å². The monoisotopic (exact) mass is 405 g/mol. The number of hydrogen-bond acceptors (Lipinski definition) is 5. The number of carbonyl (C=O) groups is 1.